The standard InChI is InChI=1S/C13H19N3/c1-8(2)13-15-11-5-4-10(6-9(3)14)7-12(11)16-13/h4-5,7-9H,6,14H2,1-3H3,(H,15,16). The van der Waals surface area contributed by atoms with Gasteiger partial charge in [-0.15, -0.1) is 0 Å². The highest BCUT2D eigenvalue weighted by atomic mass is 14.9. The lowest BCUT2D eigenvalue weighted by Gasteiger charge is -2.04. The Morgan fingerprint density at radius 3 is 2.69 bits per heavy atom. The number of nitrogens with zero attached hydrogens (tertiary/aromatic N) is 1. The Kier molecular flexibility index (Phi) is 2.97. The summed E-state index contributed by atoms with van der Waals surface area (Å²) in [7, 11) is 0. The number of hydrogen-bond acceptors (Lipinski definition) is 2. The van der Waals surface area contributed by atoms with Gasteiger partial charge in [-0.2, -0.15) is 0 Å². The van der Waals surface area contributed by atoms with Crippen LogP contribution in [-0.2, 0) is 6.42 Å². The van der Waals surface area contributed by atoms with Crippen molar-refractivity contribution in [3.8, 4) is 0 Å². The van der Waals surface area contributed by atoms with Crippen molar-refractivity contribution in [3.05, 3.63) is 29.6 Å². The maximum atomic E-state index is 5.80. The molecule has 0 radical (unpaired) electrons. The third-order valence-corrected chi connectivity index (χ3v) is 2.67. The third-order valence-electron chi connectivity index (χ3n) is 2.67. The van der Waals surface area contributed by atoms with Gasteiger partial charge in [0, 0.05) is 12.0 Å². The fourth-order valence-corrected chi connectivity index (χ4v) is 1.85. The molecule has 3 heteroatoms. The van der Waals surface area contributed by atoms with Crippen molar-refractivity contribution >= 4 is 11.0 Å². The molecule has 1 aromatic carbocycles. The van der Waals surface area contributed by atoms with Crippen molar-refractivity contribution < 1.29 is 0 Å². The minimum Gasteiger partial charge on any atom is -0.342 e. The van der Waals surface area contributed by atoms with Gasteiger partial charge in [-0.3, -0.25) is 0 Å². The normalized spacial score (nSPS) is 13.6. The van der Waals surface area contributed by atoms with Gasteiger partial charge in [0.05, 0.1) is 11.0 Å². The predicted molar refractivity (Wildman–Crippen MR) is 67.5 cm³/mol. The second kappa shape index (κ2) is 4.26. The van der Waals surface area contributed by atoms with Crippen LogP contribution < -0.4 is 5.73 Å². The first-order valence-electron chi connectivity index (χ1n) is 5.80. The maximum Gasteiger partial charge on any atom is 0.109 e. The number of H-pyrrole nitrogens is 1. The van der Waals surface area contributed by atoms with Crippen molar-refractivity contribution in [2.45, 2.75) is 39.2 Å². The number of benzene rings is 1. The van der Waals surface area contributed by atoms with Crippen LogP contribution in [0.15, 0.2) is 18.2 Å². The molecule has 0 spiro atoms. The van der Waals surface area contributed by atoms with E-state index in [0.717, 1.165) is 23.3 Å². The molecule has 3 N–H and O–H groups in total. The summed E-state index contributed by atoms with van der Waals surface area (Å²) in [4.78, 5) is 7.90. The third kappa shape index (κ3) is 2.25. The summed E-state index contributed by atoms with van der Waals surface area (Å²) in [5.74, 6) is 1.48. The van der Waals surface area contributed by atoms with Crippen LogP contribution in [0.3, 0.4) is 0 Å². The molecular weight excluding hydrogens is 198 g/mol. The summed E-state index contributed by atoms with van der Waals surface area (Å²) in [6.45, 7) is 6.30. The molecule has 0 amide bonds. The van der Waals surface area contributed by atoms with Gasteiger partial charge >= 0.3 is 0 Å². The van der Waals surface area contributed by atoms with Crippen molar-refractivity contribution in [3.63, 3.8) is 0 Å². The maximum absolute atomic E-state index is 5.80. The van der Waals surface area contributed by atoms with Crippen LogP contribution in [0, 0.1) is 0 Å². The number of imidazole rings is 1. The summed E-state index contributed by atoms with van der Waals surface area (Å²) in [6.07, 6.45) is 0.909. The molecule has 0 bridgehead atoms. The summed E-state index contributed by atoms with van der Waals surface area (Å²) in [5.41, 5.74) is 9.21. The zero-order valence-electron chi connectivity index (χ0n) is 10.1. The molecule has 0 fully saturated rings. The topological polar surface area (TPSA) is 54.7 Å². The Labute approximate surface area is 96.1 Å². The highest BCUT2D eigenvalue weighted by Gasteiger charge is 2.07. The Morgan fingerprint density at radius 2 is 2.06 bits per heavy atom. The molecule has 3 nitrogen and oxygen atoms in total. The zero-order valence-corrected chi connectivity index (χ0v) is 10.1. The van der Waals surface area contributed by atoms with Gasteiger partial charge in [0.25, 0.3) is 0 Å². The monoisotopic (exact) mass is 217 g/mol. The van der Waals surface area contributed by atoms with Crippen LogP contribution in [0.5, 0.6) is 0 Å². The molecule has 0 aliphatic heterocycles. The van der Waals surface area contributed by atoms with Crippen molar-refractivity contribution in [1.29, 1.82) is 0 Å². The minimum absolute atomic E-state index is 0.199. The van der Waals surface area contributed by atoms with Gasteiger partial charge in [0.2, 0.25) is 0 Å². The average molecular weight is 217 g/mol. The van der Waals surface area contributed by atoms with Gasteiger partial charge < -0.3 is 10.7 Å². The highest BCUT2D eigenvalue weighted by molar-refractivity contribution is 5.76. The first-order chi connectivity index (χ1) is 7.56. The molecule has 16 heavy (non-hydrogen) atoms. The molecule has 1 heterocycles. The van der Waals surface area contributed by atoms with E-state index in [2.05, 4.69) is 42.0 Å². The highest BCUT2D eigenvalue weighted by Crippen LogP contribution is 2.18. The summed E-state index contributed by atoms with van der Waals surface area (Å²) < 4.78 is 0. The second-order valence-corrected chi connectivity index (χ2v) is 4.81. The fourth-order valence-electron chi connectivity index (χ4n) is 1.85. The quantitative estimate of drug-likeness (QED) is 0.830. The van der Waals surface area contributed by atoms with Crippen LogP contribution in [0.1, 0.15) is 38.1 Å². The first-order valence-corrected chi connectivity index (χ1v) is 5.80. The molecule has 86 valence electrons. The average Bonchev–Trinajstić information content (AvgIpc) is 2.59. The Hall–Kier alpha value is -1.35. The second-order valence-electron chi connectivity index (χ2n) is 4.81. The molecule has 0 saturated carbocycles. The Morgan fingerprint density at radius 1 is 1.31 bits per heavy atom. The van der Waals surface area contributed by atoms with Crippen LogP contribution in [0.4, 0.5) is 0 Å². The van der Waals surface area contributed by atoms with Gasteiger partial charge in [0.1, 0.15) is 5.82 Å². The SMILES string of the molecule is CC(N)Cc1ccc2nc(C(C)C)[nH]c2c1. The lowest BCUT2D eigenvalue weighted by atomic mass is 10.1. The van der Waals surface area contributed by atoms with Crippen LogP contribution in [0.2, 0.25) is 0 Å². The van der Waals surface area contributed by atoms with Crippen molar-refractivity contribution in [1.82, 2.24) is 9.97 Å². The van der Waals surface area contributed by atoms with E-state index in [4.69, 9.17) is 5.73 Å². The van der Waals surface area contributed by atoms with Gasteiger partial charge in [-0.1, -0.05) is 19.9 Å². The van der Waals surface area contributed by atoms with E-state index in [1.54, 1.807) is 0 Å². The summed E-state index contributed by atoms with van der Waals surface area (Å²) in [5, 5.41) is 0. The van der Waals surface area contributed by atoms with Crippen molar-refractivity contribution in [2.24, 2.45) is 5.73 Å². The van der Waals surface area contributed by atoms with Gasteiger partial charge in [-0.25, -0.2) is 4.98 Å². The Bertz CT molecular complexity index is 483. The molecule has 0 aliphatic rings. The number of aromatic amines is 1. The van der Waals surface area contributed by atoms with E-state index in [1.807, 2.05) is 6.92 Å². The molecule has 2 rings (SSSR count). The lowest BCUT2D eigenvalue weighted by Crippen LogP contribution is -2.17. The van der Waals surface area contributed by atoms with Gasteiger partial charge in [-0.05, 0) is 31.0 Å². The molecule has 0 aliphatic carbocycles. The zero-order chi connectivity index (χ0) is 11.7. The number of hydrogen-bond donors (Lipinski definition) is 2. The molecule has 2 aromatic rings. The number of nitrogens with one attached hydrogen (secondary N) is 1. The van der Waals surface area contributed by atoms with E-state index < -0.39 is 0 Å². The van der Waals surface area contributed by atoms with E-state index in [1.165, 1.54) is 5.56 Å². The minimum atomic E-state index is 0.199. The van der Waals surface area contributed by atoms with Crippen molar-refractivity contribution in [2.75, 3.05) is 0 Å². The number of nitrogens with two attached hydrogens (primary N) is 1. The van der Waals surface area contributed by atoms with E-state index in [0.29, 0.717) is 5.92 Å². The molecular formula is C13H19N3. The lowest BCUT2D eigenvalue weighted by molar-refractivity contribution is 0.738. The van der Waals surface area contributed by atoms with Crippen LogP contribution in [0.25, 0.3) is 11.0 Å². The van der Waals surface area contributed by atoms with E-state index in [9.17, 15) is 0 Å². The first kappa shape index (κ1) is 11.1. The summed E-state index contributed by atoms with van der Waals surface area (Å²) >= 11 is 0. The molecule has 1 aromatic heterocycles. The molecule has 1 unspecified atom stereocenters. The smallest absolute Gasteiger partial charge is 0.109 e. The fraction of sp³-hybridized carbons (Fsp3) is 0.462. The molecule has 1 atom stereocenters. The largest absolute Gasteiger partial charge is 0.342 e. The predicted octanol–water partition coefficient (Wildman–Crippen LogP) is 2.58. The number of fused-ring (bicyclic) bond motifs is 1. The Balaban J connectivity index is 2.38. The molecule has 0 saturated heterocycles. The number of rotatable bonds is 3. The van der Waals surface area contributed by atoms with Crippen LogP contribution in [-0.4, -0.2) is 16.0 Å². The van der Waals surface area contributed by atoms with E-state index >= 15 is 0 Å². The number of aromatic nitrogens is 2. The van der Waals surface area contributed by atoms with Crippen LogP contribution >= 0.6 is 0 Å². The summed E-state index contributed by atoms with van der Waals surface area (Å²) in [6, 6.07) is 6.52. The van der Waals surface area contributed by atoms with Gasteiger partial charge in [0.15, 0.2) is 0 Å². The van der Waals surface area contributed by atoms with E-state index in [-0.39, 0.29) is 6.04 Å².